The van der Waals surface area contributed by atoms with Crippen molar-refractivity contribution in [1.82, 2.24) is 24.7 Å². The van der Waals surface area contributed by atoms with Crippen molar-refractivity contribution in [3.8, 4) is 17.0 Å². The van der Waals surface area contributed by atoms with Gasteiger partial charge in [-0.15, -0.1) is 0 Å². The van der Waals surface area contributed by atoms with E-state index in [0.717, 1.165) is 53.2 Å². The fourth-order valence-electron chi connectivity index (χ4n) is 3.75. The third-order valence-corrected chi connectivity index (χ3v) is 5.40. The molecule has 0 aliphatic carbocycles. The van der Waals surface area contributed by atoms with Crippen molar-refractivity contribution in [3.63, 3.8) is 0 Å². The van der Waals surface area contributed by atoms with E-state index in [1.165, 1.54) is 5.56 Å². The Labute approximate surface area is 176 Å². The van der Waals surface area contributed by atoms with Gasteiger partial charge in [0.25, 0.3) is 0 Å². The minimum absolute atomic E-state index is 0.423. The first-order valence-electron chi connectivity index (χ1n) is 10.2. The van der Waals surface area contributed by atoms with E-state index in [2.05, 4.69) is 50.5 Å². The van der Waals surface area contributed by atoms with Gasteiger partial charge in [0.1, 0.15) is 17.9 Å². The van der Waals surface area contributed by atoms with E-state index < -0.39 is 0 Å². The number of nitrogens with zero attached hydrogens (tertiary/aromatic N) is 5. The number of hydrogen-bond acceptors (Lipinski definition) is 6. The lowest BCUT2D eigenvalue weighted by molar-refractivity contribution is 0.403. The highest BCUT2D eigenvalue weighted by Gasteiger charge is 2.14. The molecule has 4 aromatic rings. The molecule has 3 aromatic heterocycles. The normalized spacial score (nSPS) is 12.1. The Balaban J connectivity index is 1.45. The van der Waals surface area contributed by atoms with Gasteiger partial charge in [-0.25, -0.2) is 15.0 Å². The van der Waals surface area contributed by atoms with Crippen molar-refractivity contribution in [2.75, 3.05) is 19.0 Å². The number of anilines is 1. The summed E-state index contributed by atoms with van der Waals surface area (Å²) in [6.07, 6.45) is 7.26. The zero-order valence-corrected chi connectivity index (χ0v) is 17.5. The molecule has 0 radical (unpaired) electrons. The third-order valence-electron chi connectivity index (χ3n) is 5.40. The van der Waals surface area contributed by atoms with Crippen LogP contribution < -0.4 is 10.1 Å². The van der Waals surface area contributed by atoms with Gasteiger partial charge < -0.3 is 10.1 Å². The van der Waals surface area contributed by atoms with E-state index >= 15 is 0 Å². The molecule has 154 valence electrons. The predicted octanol–water partition coefficient (Wildman–Crippen LogP) is 4.43. The van der Waals surface area contributed by atoms with E-state index in [9.17, 15) is 0 Å². The highest BCUT2D eigenvalue weighted by atomic mass is 16.5. The van der Waals surface area contributed by atoms with Crippen LogP contribution in [0.4, 0.5) is 5.82 Å². The van der Waals surface area contributed by atoms with Crippen molar-refractivity contribution in [1.29, 1.82) is 0 Å². The number of methoxy groups -OCH3 is 1. The first-order chi connectivity index (χ1) is 14.7. The molecule has 0 bridgehead atoms. The van der Waals surface area contributed by atoms with Gasteiger partial charge in [0, 0.05) is 36.8 Å². The van der Waals surface area contributed by atoms with Crippen molar-refractivity contribution < 1.29 is 4.74 Å². The largest absolute Gasteiger partial charge is 0.496 e. The molecular weight excluding hydrogens is 376 g/mol. The topological polar surface area (TPSA) is 77.8 Å². The second-order valence-corrected chi connectivity index (χ2v) is 7.26. The fourth-order valence-corrected chi connectivity index (χ4v) is 3.75. The second-order valence-electron chi connectivity index (χ2n) is 7.26. The van der Waals surface area contributed by atoms with E-state index in [1.54, 1.807) is 18.1 Å². The molecule has 0 fully saturated rings. The van der Waals surface area contributed by atoms with Crippen molar-refractivity contribution in [2.45, 2.75) is 25.7 Å². The quantitative estimate of drug-likeness (QED) is 0.470. The molecule has 1 N–H and O–H groups in total. The zero-order chi connectivity index (χ0) is 20.9. The second kappa shape index (κ2) is 8.90. The minimum atomic E-state index is 0.423. The van der Waals surface area contributed by atoms with Crippen LogP contribution in [0.25, 0.3) is 22.3 Å². The van der Waals surface area contributed by atoms with Crippen LogP contribution in [0.2, 0.25) is 0 Å². The summed E-state index contributed by atoms with van der Waals surface area (Å²) in [5.41, 5.74) is 3.89. The molecule has 0 spiro atoms. The minimum Gasteiger partial charge on any atom is -0.496 e. The Hall–Kier alpha value is -3.48. The summed E-state index contributed by atoms with van der Waals surface area (Å²) >= 11 is 0. The van der Waals surface area contributed by atoms with Gasteiger partial charge >= 0.3 is 0 Å². The molecule has 1 atom stereocenters. The maximum Gasteiger partial charge on any atom is 0.157 e. The number of hydrogen-bond donors (Lipinski definition) is 1. The van der Waals surface area contributed by atoms with Crippen LogP contribution in [-0.4, -0.2) is 38.4 Å². The molecule has 30 heavy (non-hydrogen) atoms. The maximum absolute atomic E-state index is 5.54. The summed E-state index contributed by atoms with van der Waals surface area (Å²) in [5, 5.41) is 8.68. The van der Waals surface area contributed by atoms with Crippen LogP contribution in [-0.2, 0) is 7.05 Å². The number of aryl methyl sites for hydroxylation is 1. The van der Waals surface area contributed by atoms with E-state index in [-0.39, 0.29) is 0 Å². The van der Waals surface area contributed by atoms with Gasteiger partial charge in [-0.05, 0) is 36.5 Å². The molecular formula is C23H26N6O. The summed E-state index contributed by atoms with van der Waals surface area (Å²) in [6, 6.07) is 12.3. The number of rotatable bonds is 8. The molecule has 0 saturated heterocycles. The van der Waals surface area contributed by atoms with Crippen LogP contribution in [0.5, 0.6) is 5.75 Å². The molecule has 0 amide bonds. The average molecular weight is 403 g/mol. The highest BCUT2D eigenvalue weighted by molar-refractivity contribution is 5.80. The van der Waals surface area contributed by atoms with Gasteiger partial charge in [0.15, 0.2) is 5.65 Å². The highest BCUT2D eigenvalue weighted by Crippen LogP contribution is 2.31. The molecule has 7 nitrogen and oxygen atoms in total. The van der Waals surface area contributed by atoms with Crippen LogP contribution in [0.3, 0.4) is 0 Å². The molecule has 4 rings (SSSR count). The van der Waals surface area contributed by atoms with Crippen molar-refractivity contribution in [3.05, 3.63) is 60.7 Å². The van der Waals surface area contributed by atoms with Crippen molar-refractivity contribution >= 4 is 16.9 Å². The van der Waals surface area contributed by atoms with Crippen LogP contribution >= 0.6 is 0 Å². The summed E-state index contributed by atoms with van der Waals surface area (Å²) in [6.45, 7) is 3.02. The smallest absolute Gasteiger partial charge is 0.157 e. The Morgan fingerprint density at radius 1 is 1.10 bits per heavy atom. The Morgan fingerprint density at radius 2 is 1.97 bits per heavy atom. The molecule has 7 heteroatoms. The zero-order valence-electron chi connectivity index (χ0n) is 17.5. The molecule has 0 aliphatic rings. The number of ether oxygens (including phenoxy) is 1. The predicted molar refractivity (Wildman–Crippen MR) is 119 cm³/mol. The molecule has 1 unspecified atom stereocenters. The average Bonchev–Trinajstić information content (AvgIpc) is 3.17. The summed E-state index contributed by atoms with van der Waals surface area (Å²) < 4.78 is 7.30. The Morgan fingerprint density at radius 3 is 2.80 bits per heavy atom. The lowest BCUT2D eigenvalue weighted by Gasteiger charge is -2.18. The maximum atomic E-state index is 5.54. The standard InChI is InChI=1S/C23H26N6O/c1-4-16(19-7-5-6-8-21(19)30-3)9-10-24-22-12-20(26-15-27-22)17-11-18-14-28-29(2)23(18)25-13-17/h5-8,11-16H,4,9-10H2,1-3H3,(H,24,26,27). The van der Waals surface area contributed by atoms with Crippen molar-refractivity contribution in [2.24, 2.45) is 7.05 Å². The SMILES string of the molecule is CCC(CCNc1cc(-c2cnc3c(cnn3C)c2)ncn1)c1ccccc1OC. The summed E-state index contributed by atoms with van der Waals surface area (Å²) in [5.74, 6) is 2.18. The van der Waals surface area contributed by atoms with Gasteiger partial charge in [-0.2, -0.15) is 5.10 Å². The number of aromatic nitrogens is 5. The first kappa shape index (κ1) is 19.8. The number of nitrogens with one attached hydrogen (secondary N) is 1. The van der Waals surface area contributed by atoms with Gasteiger partial charge in [-0.1, -0.05) is 25.1 Å². The van der Waals surface area contributed by atoms with Gasteiger partial charge in [0.05, 0.1) is 19.0 Å². The number of benzene rings is 1. The van der Waals surface area contributed by atoms with Gasteiger partial charge in [0.2, 0.25) is 0 Å². The number of fused-ring (bicyclic) bond motifs is 1. The Kier molecular flexibility index (Phi) is 5.88. The van der Waals surface area contributed by atoms with Gasteiger partial charge in [-0.3, -0.25) is 4.68 Å². The number of pyridine rings is 1. The first-order valence-corrected chi connectivity index (χ1v) is 10.2. The lowest BCUT2D eigenvalue weighted by Crippen LogP contribution is -2.09. The van der Waals surface area contributed by atoms with Crippen LogP contribution in [0.1, 0.15) is 31.2 Å². The molecule has 0 aliphatic heterocycles. The molecule has 0 saturated carbocycles. The molecule has 1 aromatic carbocycles. The molecule has 3 heterocycles. The van der Waals surface area contributed by atoms with E-state index in [4.69, 9.17) is 4.74 Å². The monoisotopic (exact) mass is 402 g/mol. The van der Waals surface area contributed by atoms with Crippen LogP contribution in [0.15, 0.2) is 55.1 Å². The number of para-hydroxylation sites is 1. The lowest BCUT2D eigenvalue weighted by atomic mass is 9.92. The third kappa shape index (κ3) is 4.10. The Bertz CT molecular complexity index is 1140. The van der Waals surface area contributed by atoms with Crippen LogP contribution in [0, 0.1) is 0 Å². The van der Waals surface area contributed by atoms with E-state index in [1.807, 2.05) is 37.6 Å². The fraction of sp³-hybridized carbons (Fsp3) is 0.304. The van der Waals surface area contributed by atoms with E-state index in [0.29, 0.717) is 5.92 Å². The summed E-state index contributed by atoms with van der Waals surface area (Å²) in [4.78, 5) is 13.3. The summed E-state index contributed by atoms with van der Waals surface area (Å²) in [7, 11) is 3.61.